The number of methoxy groups -OCH3 is 1. The molecule has 0 aliphatic carbocycles. The van der Waals surface area contributed by atoms with Gasteiger partial charge in [0.1, 0.15) is 18.2 Å². The Labute approximate surface area is 202 Å². The summed E-state index contributed by atoms with van der Waals surface area (Å²) in [5.74, 6) is -0.162. The summed E-state index contributed by atoms with van der Waals surface area (Å²) in [4.78, 5) is 24.1. The van der Waals surface area contributed by atoms with E-state index in [1.165, 1.54) is 25.3 Å². The number of hydrogen-bond acceptors (Lipinski definition) is 6. The fourth-order valence-corrected chi connectivity index (χ4v) is 3.40. The lowest BCUT2D eigenvalue weighted by Crippen LogP contribution is -2.36. The first-order valence-electron chi connectivity index (χ1n) is 11.0. The van der Waals surface area contributed by atoms with Gasteiger partial charge >= 0.3 is 0 Å². The average molecular weight is 482 g/mol. The minimum Gasteiger partial charge on any atom is -0.493 e. The predicted molar refractivity (Wildman–Crippen MR) is 128 cm³/mol. The van der Waals surface area contributed by atoms with E-state index in [0.717, 1.165) is 22.4 Å². The number of ether oxygens (including phenoxy) is 2. The van der Waals surface area contributed by atoms with Crippen LogP contribution in [0.15, 0.2) is 53.1 Å². The molecule has 2 amide bonds. The smallest absolute Gasteiger partial charge is 0.244 e. The molecule has 3 rings (SSSR count). The number of nitrogens with zero attached hydrogens (tertiary/aromatic N) is 1. The van der Waals surface area contributed by atoms with E-state index in [1.807, 2.05) is 13.8 Å². The van der Waals surface area contributed by atoms with Gasteiger partial charge in [-0.3, -0.25) is 9.59 Å². The Morgan fingerprint density at radius 2 is 1.91 bits per heavy atom. The van der Waals surface area contributed by atoms with E-state index < -0.39 is 11.8 Å². The highest BCUT2D eigenvalue weighted by atomic mass is 19.1. The normalized spacial score (nSPS) is 11.9. The minimum atomic E-state index is -0.618. The highest BCUT2D eigenvalue weighted by Gasteiger charge is 2.17. The third-order valence-corrected chi connectivity index (χ3v) is 5.49. The first-order valence-corrected chi connectivity index (χ1v) is 11.0. The van der Waals surface area contributed by atoms with Gasteiger partial charge in [0.25, 0.3) is 0 Å². The topological polar surface area (TPSA) is 117 Å². The van der Waals surface area contributed by atoms with Crippen LogP contribution in [0, 0.1) is 25.6 Å². The number of nitrogens with two attached hydrogens (primary N) is 1. The zero-order valence-electron chi connectivity index (χ0n) is 19.8. The van der Waals surface area contributed by atoms with Crippen LogP contribution in [-0.2, 0) is 22.6 Å². The minimum absolute atomic E-state index is 0.0632. The SMILES string of the molecule is COc1cc(/C=C/C(=O)NCC(Cc2ccc(F)cc2)C(N)=O)ccc1OCc1c(C)noc1C. The van der Waals surface area contributed by atoms with Crippen molar-refractivity contribution in [3.63, 3.8) is 0 Å². The fraction of sp³-hybridized carbons (Fsp3) is 0.269. The summed E-state index contributed by atoms with van der Waals surface area (Å²) in [6, 6.07) is 11.1. The molecule has 0 aliphatic rings. The molecule has 0 saturated heterocycles. The van der Waals surface area contributed by atoms with Crippen LogP contribution in [-0.4, -0.2) is 30.6 Å². The Hall–Kier alpha value is -4.14. The van der Waals surface area contributed by atoms with Crippen LogP contribution in [0.3, 0.4) is 0 Å². The number of hydrogen-bond donors (Lipinski definition) is 2. The van der Waals surface area contributed by atoms with E-state index in [4.69, 9.17) is 19.7 Å². The van der Waals surface area contributed by atoms with Crippen LogP contribution in [0.2, 0.25) is 0 Å². The number of amides is 2. The molecule has 9 heteroatoms. The Balaban J connectivity index is 1.57. The third-order valence-electron chi connectivity index (χ3n) is 5.49. The van der Waals surface area contributed by atoms with Gasteiger partial charge in [-0.1, -0.05) is 23.4 Å². The van der Waals surface area contributed by atoms with Crippen molar-refractivity contribution in [2.75, 3.05) is 13.7 Å². The molecule has 1 unspecified atom stereocenters. The van der Waals surface area contributed by atoms with Crippen molar-refractivity contribution in [2.24, 2.45) is 11.7 Å². The van der Waals surface area contributed by atoms with Gasteiger partial charge in [0.2, 0.25) is 11.8 Å². The molecule has 184 valence electrons. The molecule has 2 aromatic carbocycles. The second-order valence-electron chi connectivity index (χ2n) is 8.01. The maximum Gasteiger partial charge on any atom is 0.244 e. The monoisotopic (exact) mass is 481 g/mol. The van der Waals surface area contributed by atoms with Crippen LogP contribution in [0.5, 0.6) is 11.5 Å². The molecule has 1 heterocycles. The summed E-state index contributed by atoms with van der Waals surface area (Å²) in [6.45, 7) is 4.02. The number of aromatic nitrogens is 1. The number of rotatable bonds is 11. The number of benzene rings is 2. The highest BCUT2D eigenvalue weighted by molar-refractivity contribution is 5.92. The van der Waals surface area contributed by atoms with Crippen LogP contribution in [0.1, 0.15) is 28.1 Å². The number of carbonyl (C=O) groups excluding carboxylic acids is 2. The van der Waals surface area contributed by atoms with Crippen LogP contribution in [0.4, 0.5) is 4.39 Å². The van der Waals surface area contributed by atoms with Crippen LogP contribution >= 0.6 is 0 Å². The molecule has 3 aromatic rings. The van der Waals surface area contributed by atoms with E-state index >= 15 is 0 Å². The third kappa shape index (κ3) is 7.17. The van der Waals surface area contributed by atoms with Crippen molar-refractivity contribution < 1.29 is 28.0 Å². The van der Waals surface area contributed by atoms with Crippen molar-refractivity contribution in [2.45, 2.75) is 26.9 Å². The number of primary amides is 1. The second-order valence-corrected chi connectivity index (χ2v) is 8.01. The molecule has 0 saturated carbocycles. The van der Waals surface area contributed by atoms with Crippen molar-refractivity contribution in [3.05, 3.63) is 82.5 Å². The van der Waals surface area contributed by atoms with Gasteiger partial charge in [0, 0.05) is 12.6 Å². The molecule has 0 spiro atoms. The summed E-state index contributed by atoms with van der Waals surface area (Å²) < 4.78 is 29.5. The number of nitrogens with one attached hydrogen (secondary N) is 1. The number of aryl methyl sites for hydroxylation is 2. The van der Waals surface area contributed by atoms with Gasteiger partial charge in [-0.25, -0.2) is 4.39 Å². The van der Waals surface area contributed by atoms with E-state index in [0.29, 0.717) is 23.7 Å². The van der Waals surface area contributed by atoms with E-state index in [-0.39, 0.29) is 24.9 Å². The molecule has 3 N–H and O–H groups in total. The van der Waals surface area contributed by atoms with Crippen molar-refractivity contribution in [3.8, 4) is 11.5 Å². The summed E-state index contributed by atoms with van der Waals surface area (Å²) in [7, 11) is 1.53. The predicted octanol–water partition coefficient (Wildman–Crippen LogP) is 3.49. The molecule has 0 fully saturated rings. The quantitative estimate of drug-likeness (QED) is 0.405. The molecule has 1 atom stereocenters. The van der Waals surface area contributed by atoms with Crippen LogP contribution < -0.4 is 20.5 Å². The van der Waals surface area contributed by atoms with E-state index in [1.54, 1.807) is 36.4 Å². The van der Waals surface area contributed by atoms with Gasteiger partial charge in [-0.2, -0.15) is 0 Å². The molecule has 0 aliphatic heterocycles. The summed E-state index contributed by atoms with van der Waals surface area (Å²) in [5, 5.41) is 6.59. The lowest BCUT2D eigenvalue weighted by molar-refractivity contribution is -0.122. The summed E-state index contributed by atoms with van der Waals surface area (Å²) >= 11 is 0. The first kappa shape index (κ1) is 25.5. The number of carbonyl (C=O) groups is 2. The Kier molecular flexibility index (Phi) is 8.61. The molecule has 1 aromatic heterocycles. The fourth-order valence-electron chi connectivity index (χ4n) is 3.40. The molecule has 35 heavy (non-hydrogen) atoms. The molecular formula is C26H28FN3O5. The van der Waals surface area contributed by atoms with Gasteiger partial charge < -0.3 is 25.0 Å². The zero-order valence-corrected chi connectivity index (χ0v) is 19.8. The van der Waals surface area contributed by atoms with E-state index in [9.17, 15) is 14.0 Å². The lowest BCUT2D eigenvalue weighted by Gasteiger charge is -2.14. The summed E-state index contributed by atoms with van der Waals surface area (Å²) in [5.41, 5.74) is 8.59. The Morgan fingerprint density at radius 1 is 1.17 bits per heavy atom. The Morgan fingerprint density at radius 3 is 2.54 bits per heavy atom. The first-order chi connectivity index (χ1) is 16.8. The van der Waals surface area contributed by atoms with Gasteiger partial charge in [-0.05, 0) is 61.7 Å². The van der Waals surface area contributed by atoms with Gasteiger partial charge in [0.15, 0.2) is 11.5 Å². The maximum atomic E-state index is 13.1. The van der Waals surface area contributed by atoms with Crippen molar-refractivity contribution in [1.82, 2.24) is 10.5 Å². The molecule has 0 radical (unpaired) electrons. The molecule has 8 nitrogen and oxygen atoms in total. The standard InChI is InChI=1S/C26H28FN3O5/c1-16-22(17(2)35-30-16)15-34-23-10-6-19(13-24(23)33-3)7-11-25(31)29-14-20(26(28)32)12-18-4-8-21(27)9-5-18/h4-11,13,20H,12,14-15H2,1-3H3,(H2,28,32)(H,29,31)/b11-7+. The average Bonchev–Trinajstić information content (AvgIpc) is 3.17. The maximum absolute atomic E-state index is 13.1. The zero-order chi connectivity index (χ0) is 25.4. The Bertz CT molecular complexity index is 1180. The summed E-state index contributed by atoms with van der Waals surface area (Å²) in [6.07, 6.45) is 3.27. The molecular weight excluding hydrogens is 453 g/mol. The number of halogens is 1. The largest absolute Gasteiger partial charge is 0.493 e. The van der Waals surface area contributed by atoms with Crippen LogP contribution in [0.25, 0.3) is 6.08 Å². The van der Waals surface area contributed by atoms with Crippen molar-refractivity contribution >= 4 is 17.9 Å². The van der Waals surface area contributed by atoms with E-state index in [2.05, 4.69) is 10.5 Å². The highest BCUT2D eigenvalue weighted by Crippen LogP contribution is 2.30. The lowest BCUT2D eigenvalue weighted by atomic mass is 9.98. The van der Waals surface area contributed by atoms with Gasteiger partial charge in [0.05, 0.1) is 24.3 Å². The molecule has 0 bridgehead atoms. The van der Waals surface area contributed by atoms with Gasteiger partial charge in [-0.15, -0.1) is 0 Å². The second kappa shape index (κ2) is 11.8. The van der Waals surface area contributed by atoms with Crippen molar-refractivity contribution in [1.29, 1.82) is 0 Å².